The van der Waals surface area contributed by atoms with E-state index in [0.717, 1.165) is 11.1 Å². The number of rotatable bonds is 5. The van der Waals surface area contributed by atoms with Gasteiger partial charge in [-0.25, -0.2) is 9.37 Å². The zero-order chi connectivity index (χ0) is 19.5. The van der Waals surface area contributed by atoms with Gasteiger partial charge in [-0.05, 0) is 47.9 Å². The smallest absolute Gasteiger partial charge is 0.251 e. The lowest BCUT2D eigenvalue weighted by molar-refractivity contribution is 0.0951. The minimum atomic E-state index is -0.291. The summed E-state index contributed by atoms with van der Waals surface area (Å²) in [7, 11) is 0. The van der Waals surface area contributed by atoms with Gasteiger partial charge in [0.1, 0.15) is 11.3 Å². The second-order valence-corrected chi connectivity index (χ2v) is 6.67. The Morgan fingerprint density at radius 1 is 1.04 bits per heavy atom. The number of aromatic nitrogens is 1. The van der Waals surface area contributed by atoms with Gasteiger partial charge in [-0.1, -0.05) is 42.5 Å². The number of carbonyl (C=O) groups is 1. The third kappa shape index (κ3) is 3.78. The molecule has 0 spiro atoms. The molecule has 4 aromatic rings. The molecule has 3 aromatic carbocycles. The van der Waals surface area contributed by atoms with Crippen molar-refractivity contribution in [3.63, 3.8) is 0 Å². The van der Waals surface area contributed by atoms with Crippen molar-refractivity contribution in [1.82, 2.24) is 10.3 Å². The number of benzene rings is 3. The maximum Gasteiger partial charge on any atom is 0.251 e. The summed E-state index contributed by atoms with van der Waals surface area (Å²) in [6, 6.07) is 19.6. The van der Waals surface area contributed by atoms with Crippen LogP contribution < -0.4 is 5.32 Å². The lowest BCUT2D eigenvalue weighted by atomic mass is 10.1. The van der Waals surface area contributed by atoms with Crippen LogP contribution in [0.4, 0.5) is 4.39 Å². The predicted octanol–water partition coefficient (Wildman–Crippen LogP) is 4.80. The number of oxazole rings is 1. The molecule has 1 N–H and O–H groups in total. The van der Waals surface area contributed by atoms with E-state index in [1.165, 1.54) is 6.07 Å². The summed E-state index contributed by atoms with van der Waals surface area (Å²) in [5, 5.41) is 2.92. The minimum Gasteiger partial charge on any atom is -0.440 e. The van der Waals surface area contributed by atoms with Crippen molar-refractivity contribution < 1.29 is 13.6 Å². The predicted molar refractivity (Wildman–Crippen MR) is 106 cm³/mol. The first-order valence-corrected chi connectivity index (χ1v) is 9.06. The summed E-state index contributed by atoms with van der Waals surface area (Å²) in [6.45, 7) is 2.47. The number of hydrogen-bond acceptors (Lipinski definition) is 3. The second kappa shape index (κ2) is 7.64. The molecule has 1 heterocycles. The van der Waals surface area contributed by atoms with E-state index in [9.17, 15) is 9.18 Å². The molecular formula is C23H19FN2O2. The summed E-state index contributed by atoms with van der Waals surface area (Å²) in [5.74, 6) is -0.0594. The Hall–Kier alpha value is -3.47. The Bertz CT molecular complexity index is 1150. The van der Waals surface area contributed by atoms with Gasteiger partial charge in [0.25, 0.3) is 5.91 Å². The molecule has 0 bridgehead atoms. The van der Waals surface area contributed by atoms with Crippen molar-refractivity contribution in [1.29, 1.82) is 0 Å². The number of aryl methyl sites for hydroxylation is 1. The first-order valence-electron chi connectivity index (χ1n) is 9.06. The average molecular weight is 374 g/mol. The van der Waals surface area contributed by atoms with E-state index in [1.54, 1.807) is 36.4 Å². The van der Waals surface area contributed by atoms with Crippen molar-refractivity contribution in [2.45, 2.75) is 19.9 Å². The highest BCUT2D eigenvalue weighted by Gasteiger charge is 2.12. The Labute approximate surface area is 162 Å². The maximum absolute atomic E-state index is 13.8. The van der Waals surface area contributed by atoms with Crippen LogP contribution in [-0.2, 0) is 13.0 Å². The summed E-state index contributed by atoms with van der Waals surface area (Å²) in [6.07, 6.45) is 0.260. The molecule has 140 valence electrons. The molecule has 0 fully saturated rings. The molecule has 0 unspecified atom stereocenters. The van der Waals surface area contributed by atoms with Gasteiger partial charge in [-0.3, -0.25) is 4.79 Å². The van der Waals surface area contributed by atoms with Gasteiger partial charge in [0, 0.05) is 12.1 Å². The molecule has 0 saturated heterocycles. The quantitative estimate of drug-likeness (QED) is 0.546. The Balaban J connectivity index is 1.50. The largest absolute Gasteiger partial charge is 0.440 e. The molecule has 0 aliphatic rings. The molecule has 0 aliphatic carbocycles. The van der Waals surface area contributed by atoms with E-state index in [4.69, 9.17) is 4.42 Å². The lowest BCUT2D eigenvalue weighted by Gasteiger charge is -2.07. The van der Waals surface area contributed by atoms with Crippen molar-refractivity contribution in [2.75, 3.05) is 0 Å². The van der Waals surface area contributed by atoms with Gasteiger partial charge < -0.3 is 9.73 Å². The van der Waals surface area contributed by atoms with Crippen LogP contribution in [0.15, 0.2) is 71.1 Å². The second-order valence-electron chi connectivity index (χ2n) is 6.67. The molecule has 0 radical (unpaired) electrons. The van der Waals surface area contributed by atoms with Crippen LogP contribution >= 0.6 is 0 Å². The van der Waals surface area contributed by atoms with Crippen molar-refractivity contribution in [3.05, 3.63) is 101 Å². The normalized spacial score (nSPS) is 10.9. The number of fused-ring (bicyclic) bond motifs is 1. The average Bonchev–Trinajstić information content (AvgIpc) is 3.10. The third-order valence-corrected chi connectivity index (χ3v) is 4.70. The number of carbonyl (C=O) groups excluding carboxylic acids is 1. The van der Waals surface area contributed by atoms with Crippen molar-refractivity contribution in [3.8, 4) is 0 Å². The van der Waals surface area contributed by atoms with Crippen LogP contribution in [0.1, 0.15) is 32.9 Å². The van der Waals surface area contributed by atoms with E-state index >= 15 is 0 Å². The molecule has 1 amide bonds. The molecule has 4 rings (SSSR count). The fourth-order valence-electron chi connectivity index (χ4n) is 3.08. The number of nitrogens with one attached hydrogen (secondary N) is 1. The highest BCUT2D eigenvalue weighted by Crippen LogP contribution is 2.20. The van der Waals surface area contributed by atoms with Gasteiger partial charge in [0.05, 0.1) is 6.42 Å². The van der Waals surface area contributed by atoms with Crippen LogP contribution in [-0.4, -0.2) is 10.9 Å². The SMILES string of the molecule is Cc1ccccc1CNC(=O)c1ccc2nc(Cc3ccccc3F)oc2c1. The van der Waals surface area contributed by atoms with Crippen LogP contribution in [0.25, 0.3) is 11.1 Å². The molecule has 1 aromatic heterocycles. The molecule has 4 nitrogen and oxygen atoms in total. The van der Waals surface area contributed by atoms with Gasteiger partial charge >= 0.3 is 0 Å². The summed E-state index contributed by atoms with van der Waals surface area (Å²) in [4.78, 5) is 16.9. The van der Waals surface area contributed by atoms with Crippen molar-refractivity contribution in [2.24, 2.45) is 0 Å². The van der Waals surface area contributed by atoms with Crippen LogP contribution in [0.3, 0.4) is 0 Å². The fraction of sp³-hybridized carbons (Fsp3) is 0.130. The number of amides is 1. The summed E-state index contributed by atoms with van der Waals surface area (Å²) < 4.78 is 19.6. The number of hydrogen-bond donors (Lipinski definition) is 1. The number of nitrogens with zero attached hydrogens (tertiary/aromatic N) is 1. The maximum atomic E-state index is 13.8. The Morgan fingerprint density at radius 2 is 1.79 bits per heavy atom. The zero-order valence-electron chi connectivity index (χ0n) is 15.4. The number of halogens is 1. The molecule has 0 aliphatic heterocycles. The van der Waals surface area contributed by atoms with Gasteiger partial charge in [0.15, 0.2) is 11.5 Å². The fourth-order valence-corrected chi connectivity index (χ4v) is 3.08. The molecule has 28 heavy (non-hydrogen) atoms. The van der Waals surface area contributed by atoms with Crippen LogP contribution in [0.5, 0.6) is 0 Å². The summed E-state index contributed by atoms with van der Waals surface area (Å²) >= 11 is 0. The van der Waals surface area contributed by atoms with Gasteiger partial charge in [-0.15, -0.1) is 0 Å². The molecule has 5 heteroatoms. The van der Waals surface area contributed by atoms with Crippen LogP contribution in [0, 0.1) is 12.7 Å². The first kappa shape index (κ1) is 17.9. The Kier molecular flexibility index (Phi) is 4.89. The van der Waals surface area contributed by atoms with Crippen molar-refractivity contribution >= 4 is 17.0 Å². The third-order valence-electron chi connectivity index (χ3n) is 4.70. The topological polar surface area (TPSA) is 55.1 Å². The van der Waals surface area contributed by atoms with E-state index < -0.39 is 0 Å². The van der Waals surface area contributed by atoms with E-state index in [2.05, 4.69) is 10.3 Å². The van der Waals surface area contributed by atoms with Gasteiger partial charge in [0.2, 0.25) is 0 Å². The summed E-state index contributed by atoms with van der Waals surface area (Å²) in [5.41, 5.74) is 4.37. The molecular weight excluding hydrogens is 355 g/mol. The van der Waals surface area contributed by atoms with E-state index in [-0.39, 0.29) is 18.1 Å². The highest BCUT2D eigenvalue weighted by atomic mass is 19.1. The van der Waals surface area contributed by atoms with Crippen LogP contribution in [0.2, 0.25) is 0 Å². The standard InChI is InChI=1S/C23H19FN2O2/c1-15-6-2-3-8-18(15)14-25-23(27)17-10-11-20-21(12-17)28-22(26-20)13-16-7-4-5-9-19(16)24/h2-12H,13-14H2,1H3,(H,25,27). The first-order chi connectivity index (χ1) is 13.6. The monoisotopic (exact) mass is 374 g/mol. The lowest BCUT2D eigenvalue weighted by Crippen LogP contribution is -2.23. The minimum absolute atomic E-state index is 0.183. The van der Waals surface area contributed by atoms with E-state index in [1.807, 2.05) is 31.2 Å². The van der Waals surface area contributed by atoms with E-state index in [0.29, 0.717) is 34.7 Å². The highest BCUT2D eigenvalue weighted by molar-refractivity contribution is 5.97. The molecule has 0 saturated carbocycles. The van der Waals surface area contributed by atoms with Gasteiger partial charge in [-0.2, -0.15) is 0 Å². The Morgan fingerprint density at radius 3 is 2.57 bits per heavy atom. The zero-order valence-corrected chi connectivity index (χ0v) is 15.4. The molecule has 0 atom stereocenters.